The largest absolute Gasteiger partial charge is 0.347 e. The lowest BCUT2D eigenvalue weighted by Gasteiger charge is -2.23. The molecule has 1 rings (SSSR count). The molecule has 0 aliphatic rings. The number of aromatic nitrogens is 1. The summed E-state index contributed by atoms with van der Waals surface area (Å²) in [6.07, 6.45) is 0.824. The van der Waals surface area contributed by atoms with Crippen molar-refractivity contribution in [1.29, 1.82) is 0 Å². The van der Waals surface area contributed by atoms with Crippen molar-refractivity contribution in [3.8, 4) is 0 Å². The van der Waals surface area contributed by atoms with E-state index >= 15 is 0 Å². The number of pyridine rings is 1. The number of carbonyl (C=O) groups excluding carboxylic acids is 1. The molecular formula is C14H22BrN3O. The van der Waals surface area contributed by atoms with Gasteiger partial charge in [0.25, 0.3) is 0 Å². The fourth-order valence-electron chi connectivity index (χ4n) is 1.83. The van der Waals surface area contributed by atoms with Crippen LogP contribution in [0.15, 0.2) is 22.8 Å². The van der Waals surface area contributed by atoms with E-state index in [1.807, 2.05) is 18.2 Å². The molecule has 0 saturated heterocycles. The SMILES string of the molecule is CC(C)CC(NCc1cccc(Br)n1)C(=O)N(C)C. The first-order valence-corrected chi connectivity index (χ1v) is 7.25. The summed E-state index contributed by atoms with van der Waals surface area (Å²) in [6, 6.07) is 5.62. The lowest BCUT2D eigenvalue weighted by atomic mass is 10.0. The van der Waals surface area contributed by atoms with Gasteiger partial charge < -0.3 is 10.2 Å². The summed E-state index contributed by atoms with van der Waals surface area (Å²) in [7, 11) is 3.57. The van der Waals surface area contributed by atoms with Crippen LogP contribution in [0, 0.1) is 5.92 Å². The van der Waals surface area contributed by atoms with Crippen LogP contribution in [-0.4, -0.2) is 35.9 Å². The Labute approximate surface area is 123 Å². The van der Waals surface area contributed by atoms with Gasteiger partial charge in [0, 0.05) is 20.6 Å². The normalized spacial score (nSPS) is 12.5. The molecule has 5 heteroatoms. The van der Waals surface area contributed by atoms with Gasteiger partial charge in [-0.25, -0.2) is 4.98 Å². The minimum atomic E-state index is -0.157. The Morgan fingerprint density at radius 3 is 2.63 bits per heavy atom. The summed E-state index contributed by atoms with van der Waals surface area (Å²) in [4.78, 5) is 18.1. The van der Waals surface area contributed by atoms with E-state index in [0.29, 0.717) is 12.5 Å². The van der Waals surface area contributed by atoms with E-state index in [1.165, 1.54) is 0 Å². The zero-order chi connectivity index (χ0) is 14.4. The average molecular weight is 328 g/mol. The van der Waals surface area contributed by atoms with E-state index in [1.54, 1.807) is 19.0 Å². The number of nitrogens with zero attached hydrogens (tertiary/aromatic N) is 2. The molecule has 1 aromatic heterocycles. The summed E-state index contributed by atoms with van der Waals surface area (Å²) in [6.45, 7) is 4.83. The topological polar surface area (TPSA) is 45.2 Å². The molecule has 0 fully saturated rings. The average Bonchev–Trinajstić information content (AvgIpc) is 2.33. The van der Waals surface area contributed by atoms with Crippen molar-refractivity contribution in [2.75, 3.05) is 14.1 Å². The standard InChI is InChI=1S/C14H22BrN3O/c1-10(2)8-12(14(19)18(3)4)16-9-11-6-5-7-13(15)17-11/h5-7,10,12,16H,8-9H2,1-4H3. The van der Waals surface area contributed by atoms with Crippen LogP contribution in [0.4, 0.5) is 0 Å². The number of likely N-dealkylation sites (N-methyl/N-ethyl adjacent to an activating group) is 1. The molecule has 0 aliphatic heterocycles. The number of hydrogen-bond acceptors (Lipinski definition) is 3. The van der Waals surface area contributed by atoms with Crippen molar-refractivity contribution >= 4 is 21.8 Å². The summed E-state index contributed by atoms with van der Waals surface area (Å²) < 4.78 is 0.811. The Morgan fingerprint density at radius 1 is 1.42 bits per heavy atom. The summed E-state index contributed by atoms with van der Waals surface area (Å²) in [5.74, 6) is 0.584. The molecule has 106 valence electrons. The number of hydrogen-bond donors (Lipinski definition) is 1. The van der Waals surface area contributed by atoms with Gasteiger partial charge in [0.1, 0.15) is 4.60 Å². The first kappa shape index (κ1) is 16.1. The van der Waals surface area contributed by atoms with Crippen LogP contribution >= 0.6 is 15.9 Å². The maximum atomic E-state index is 12.1. The van der Waals surface area contributed by atoms with Crippen LogP contribution < -0.4 is 5.32 Å². The smallest absolute Gasteiger partial charge is 0.239 e. The predicted molar refractivity (Wildman–Crippen MR) is 80.7 cm³/mol. The van der Waals surface area contributed by atoms with Crippen LogP contribution in [0.1, 0.15) is 26.0 Å². The molecule has 0 saturated carbocycles. The second-order valence-corrected chi connectivity index (χ2v) is 6.06. The van der Waals surface area contributed by atoms with Crippen molar-refractivity contribution in [3.05, 3.63) is 28.5 Å². The molecule has 1 amide bonds. The van der Waals surface area contributed by atoms with Gasteiger partial charge in [-0.05, 0) is 40.4 Å². The van der Waals surface area contributed by atoms with E-state index < -0.39 is 0 Å². The molecule has 19 heavy (non-hydrogen) atoms. The predicted octanol–water partition coefficient (Wildman–Crippen LogP) is 2.44. The van der Waals surface area contributed by atoms with Crippen molar-refractivity contribution in [3.63, 3.8) is 0 Å². The van der Waals surface area contributed by atoms with Gasteiger partial charge in [0.15, 0.2) is 0 Å². The number of rotatable bonds is 6. The van der Waals surface area contributed by atoms with Crippen LogP contribution in [0.25, 0.3) is 0 Å². The van der Waals surface area contributed by atoms with Gasteiger partial charge in [0.05, 0.1) is 11.7 Å². The molecule has 0 bridgehead atoms. The minimum Gasteiger partial charge on any atom is -0.347 e. The third kappa shape index (κ3) is 5.70. The number of carbonyl (C=O) groups is 1. The van der Waals surface area contributed by atoms with Crippen molar-refractivity contribution in [2.24, 2.45) is 5.92 Å². The number of nitrogens with one attached hydrogen (secondary N) is 1. The maximum absolute atomic E-state index is 12.1. The molecule has 0 aromatic carbocycles. The van der Waals surface area contributed by atoms with E-state index in [-0.39, 0.29) is 11.9 Å². The second kappa shape index (κ2) is 7.60. The molecule has 0 radical (unpaired) electrons. The van der Waals surface area contributed by atoms with E-state index in [4.69, 9.17) is 0 Å². The minimum absolute atomic E-state index is 0.115. The highest BCUT2D eigenvalue weighted by atomic mass is 79.9. The lowest BCUT2D eigenvalue weighted by molar-refractivity contribution is -0.131. The fourth-order valence-corrected chi connectivity index (χ4v) is 2.21. The lowest BCUT2D eigenvalue weighted by Crippen LogP contribution is -2.44. The summed E-state index contributed by atoms with van der Waals surface area (Å²) >= 11 is 3.35. The van der Waals surface area contributed by atoms with E-state index in [0.717, 1.165) is 16.7 Å². The van der Waals surface area contributed by atoms with Gasteiger partial charge in [-0.15, -0.1) is 0 Å². The summed E-state index contributed by atoms with van der Waals surface area (Å²) in [5, 5.41) is 3.30. The van der Waals surface area contributed by atoms with Crippen LogP contribution in [-0.2, 0) is 11.3 Å². The molecule has 1 N–H and O–H groups in total. The number of amides is 1. The van der Waals surface area contributed by atoms with Crippen molar-refractivity contribution in [1.82, 2.24) is 15.2 Å². The molecule has 1 unspecified atom stereocenters. The molecular weight excluding hydrogens is 306 g/mol. The first-order valence-electron chi connectivity index (χ1n) is 6.46. The Kier molecular flexibility index (Phi) is 6.45. The Balaban J connectivity index is 2.65. The molecule has 0 spiro atoms. The highest BCUT2D eigenvalue weighted by Gasteiger charge is 2.20. The quantitative estimate of drug-likeness (QED) is 0.816. The Hall–Kier alpha value is -0.940. The van der Waals surface area contributed by atoms with Crippen LogP contribution in [0.3, 0.4) is 0 Å². The molecule has 1 heterocycles. The van der Waals surface area contributed by atoms with Gasteiger partial charge in [-0.1, -0.05) is 19.9 Å². The van der Waals surface area contributed by atoms with Crippen molar-refractivity contribution in [2.45, 2.75) is 32.9 Å². The number of halogens is 1. The molecule has 1 atom stereocenters. The second-order valence-electron chi connectivity index (χ2n) is 5.25. The zero-order valence-corrected chi connectivity index (χ0v) is 13.6. The molecule has 0 aliphatic carbocycles. The van der Waals surface area contributed by atoms with Crippen LogP contribution in [0.5, 0.6) is 0 Å². The van der Waals surface area contributed by atoms with Crippen LogP contribution in [0.2, 0.25) is 0 Å². The van der Waals surface area contributed by atoms with Crippen molar-refractivity contribution < 1.29 is 4.79 Å². The van der Waals surface area contributed by atoms with Gasteiger partial charge >= 0.3 is 0 Å². The van der Waals surface area contributed by atoms with Gasteiger partial charge in [-0.3, -0.25) is 4.79 Å². The monoisotopic (exact) mass is 327 g/mol. The fraction of sp³-hybridized carbons (Fsp3) is 0.571. The zero-order valence-electron chi connectivity index (χ0n) is 12.0. The third-order valence-electron chi connectivity index (χ3n) is 2.75. The Bertz CT molecular complexity index is 421. The van der Waals surface area contributed by atoms with Gasteiger partial charge in [0.2, 0.25) is 5.91 Å². The maximum Gasteiger partial charge on any atom is 0.239 e. The highest BCUT2D eigenvalue weighted by Crippen LogP contribution is 2.09. The first-order chi connectivity index (χ1) is 8.90. The third-order valence-corrected chi connectivity index (χ3v) is 3.19. The molecule has 4 nitrogen and oxygen atoms in total. The highest BCUT2D eigenvalue weighted by molar-refractivity contribution is 9.10. The van der Waals surface area contributed by atoms with E-state index in [9.17, 15) is 4.79 Å². The van der Waals surface area contributed by atoms with Gasteiger partial charge in [-0.2, -0.15) is 0 Å². The van der Waals surface area contributed by atoms with E-state index in [2.05, 4.69) is 40.1 Å². The summed E-state index contributed by atoms with van der Waals surface area (Å²) in [5.41, 5.74) is 0.926. The Morgan fingerprint density at radius 2 is 2.11 bits per heavy atom. The molecule has 1 aromatic rings.